The normalized spacial score (nSPS) is 10.3. The van der Waals surface area contributed by atoms with E-state index in [2.05, 4.69) is 10.6 Å². The topological polar surface area (TPSA) is 76.7 Å². The van der Waals surface area contributed by atoms with E-state index >= 15 is 0 Å². The molecule has 6 nitrogen and oxygen atoms in total. The third kappa shape index (κ3) is 6.66. The van der Waals surface area contributed by atoms with Crippen molar-refractivity contribution in [2.75, 3.05) is 40.0 Å². The molecule has 2 aromatic carbocycles. The molecular formula is C20H24N2O4. The second-order valence-corrected chi connectivity index (χ2v) is 5.59. The van der Waals surface area contributed by atoms with Gasteiger partial charge in [0.15, 0.2) is 0 Å². The van der Waals surface area contributed by atoms with Crippen molar-refractivity contribution < 1.29 is 19.1 Å². The Balaban J connectivity index is 1.69. The first-order valence-electron chi connectivity index (χ1n) is 8.48. The number of methoxy groups -OCH3 is 1. The van der Waals surface area contributed by atoms with E-state index in [1.54, 1.807) is 19.2 Å². The van der Waals surface area contributed by atoms with E-state index in [1.165, 1.54) is 0 Å². The fourth-order valence-electron chi connectivity index (χ4n) is 2.28. The first-order valence-corrected chi connectivity index (χ1v) is 8.48. The molecule has 0 saturated heterocycles. The van der Waals surface area contributed by atoms with Crippen LogP contribution in [-0.4, -0.2) is 51.8 Å². The van der Waals surface area contributed by atoms with Crippen molar-refractivity contribution in [1.29, 1.82) is 0 Å². The van der Waals surface area contributed by atoms with Crippen molar-refractivity contribution in [2.24, 2.45) is 0 Å². The van der Waals surface area contributed by atoms with E-state index < -0.39 is 0 Å². The number of hydrogen-bond donors (Lipinski definition) is 2. The fourth-order valence-corrected chi connectivity index (χ4v) is 2.28. The van der Waals surface area contributed by atoms with Crippen LogP contribution in [0.15, 0.2) is 54.6 Å². The number of ether oxygens (including phenoxy) is 2. The summed E-state index contributed by atoms with van der Waals surface area (Å²) in [6.45, 7) is 1.51. The Bertz CT molecular complexity index is 687. The average Bonchev–Trinajstić information content (AvgIpc) is 2.69. The lowest BCUT2D eigenvalue weighted by Gasteiger charge is -2.08. The zero-order valence-electron chi connectivity index (χ0n) is 14.9. The van der Waals surface area contributed by atoms with Crippen molar-refractivity contribution in [3.63, 3.8) is 0 Å². The highest BCUT2D eigenvalue weighted by atomic mass is 16.5. The molecule has 2 amide bonds. The fraction of sp³-hybridized carbons (Fsp3) is 0.300. The van der Waals surface area contributed by atoms with Gasteiger partial charge in [0.2, 0.25) is 5.91 Å². The maximum absolute atomic E-state index is 12.1. The molecule has 6 heteroatoms. The van der Waals surface area contributed by atoms with E-state index in [0.29, 0.717) is 31.9 Å². The lowest BCUT2D eigenvalue weighted by molar-refractivity contribution is -0.126. The molecule has 0 fully saturated rings. The van der Waals surface area contributed by atoms with E-state index in [0.717, 1.165) is 11.1 Å². The van der Waals surface area contributed by atoms with Gasteiger partial charge in [0.05, 0.1) is 13.2 Å². The van der Waals surface area contributed by atoms with Gasteiger partial charge in [-0.05, 0) is 23.3 Å². The van der Waals surface area contributed by atoms with Gasteiger partial charge in [-0.25, -0.2) is 0 Å². The Morgan fingerprint density at radius 1 is 0.846 bits per heavy atom. The molecule has 0 aliphatic carbocycles. The van der Waals surface area contributed by atoms with Crippen molar-refractivity contribution in [3.8, 4) is 11.1 Å². The van der Waals surface area contributed by atoms with Gasteiger partial charge >= 0.3 is 0 Å². The number of benzene rings is 2. The van der Waals surface area contributed by atoms with Crippen LogP contribution in [0.2, 0.25) is 0 Å². The summed E-state index contributed by atoms with van der Waals surface area (Å²) in [5.74, 6) is -0.391. The van der Waals surface area contributed by atoms with Crippen LogP contribution in [0.5, 0.6) is 0 Å². The summed E-state index contributed by atoms with van der Waals surface area (Å²) in [4.78, 5) is 23.6. The Labute approximate surface area is 153 Å². The maximum atomic E-state index is 12.1. The molecule has 0 aliphatic rings. The van der Waals surface area contributed by atoms with Gasteiger partial charge in [0.25, 0.3) is 5.91 Å². The van der Waals surface area contributed by atoms with Gasteiger partial charge in [0, 0.05) is 25.8 Å². The number of carbonyl (C=O) groups excluding carboxylic acids is 2. The van der Waals surface area contributed by atoms with E-state index in [9.17, 15) is 9.59 Å². The largest absolute Gasteiger partial charge is 0.382 e. The molecule has 2 rings (SSSR count). The van der Waals surface area contributed by atoms with E-state index in [1.807, 2.05) is 42.5 Å². The molecule has 0 atom stereocenters. The highest BCUT2D eigenvalue weighted by molar-refractivity contribution is 5.94. The Kier molecular flexibility index (Phi) is 8.32. The summed E-state index contributed by atoms with van der Waals surface area (Å²) < 4.78 is 9.93. The lowest BCUT2D eigenvalue weighted by atomic mass is 10.0. The van der Waals surface area contributed by atoms with Gasteiger partial charge in [-0.2, -0.15) is 0 Å². The van der Waals surface area contributed by atoms with Crippen LogP contribution in [0.4, 0.5) is 0 Å². The second kappa shape index (κ2) is 11.0. The number of nitrogens with one attached hydrogen (secondary N) is 2. The summed E-state index contributed by atoms with van der Waals surface area (Å²) in [7, 11) is 1.57. The Hall–Kier alpha value is -2.70. The molecule has 2 aromatic rings. The van der Waals surface area contributed by atoms with Crippen LogP contribution in [0.25, 0.3) is 11.1 Å². The highest BCUT2D eigenvalue weighted by Gasteiger charge is 2.06. The van der Waals surface area contributed by atoms with Crippen molar-refractivity contribution in [3.05, 3.63) is 60.2 Å². The van der Waals surface area contributed by atoms with Crippen LogP contribution in [0.1, 0.15) is 10.4 Å². The average molecular weight is 356 g/mol. The van der Waals surface area contributed by atoms with Crippen molar-refractivity contribution in [2.45, 2.75) is 0 Å². The summed E-state index contributed by atoms with van der Waals surface area (Å²) >= 11 is 0. The molecule has 0 radical (unpaired) electrons. The Morgan fingerprint density at radius 3 is 2.19 bits per heavy atom. The number of hydrogen-bond acceptors (Lipinski definition) is 4. The quantitative estimate of drug-likeness (QED) is 0.637. The third-order valence-corrected chi connectivity index (χ3v) is 3.65. The predicted molar refractivity (Wildman–Crippen MR) is 99.9 cm³/mol. The van der Waals surface area contributed by atoms with Crippen molar-refractivity contribution >= 4 is 11.8 Å². The molecule has 0 spiro atoms. The highest BCUT2D eigenvalue weighted by Crippen LogP contribution is 2.19. The molecule has 26 heavy (non-hydrogen) atoms. The molecular weight excluding hydrogens is 332 g/mol. The first kappa shape index (κ1) is 19.6. The van der Waals surface area contributed by atoms with Crippen LogP contribution in [0, 0.1) is 0 Å². The molecule has 0 heterocycles. The summed E-state index contributed by atoms with van der Waals surface area (Å²) in [5.41, 5.74) is 2.75. The number of amides is 2. The SMILES string of the molecule is COCCOCC(=O)NCCNC(=O)c1ccc(-c2ccccc2)cc1. The summed E-state index contributed by atoms with van der Waals surface area (Å²) in [6.07, 6.45) is 0. The summed E-state index contributed by atoms with van der Waals surface area (Å²) in [5, 5.41) is 5.45. The van der Waals surface area contributed by atoms with Crippen molar-refractivity contribution in [1.82, 2.24) is 10.6 Å². The predicted octanol–water partition coefficient (Wildman–Crippen LogP) is 1.86. The molecule has 0 aliphatic heterocycles. The minimum atomic E-state index is -0.220. The zero-order chi connectivity index (χ0) is 18.6. The number of rotatable bonds is 10. The van der Waals surface area contributed by atoms with E-state index in [-0.39, 0.29) is 18.4 Å². The third-order valence-electron chi connectivity index (χ3n) is 3.65. The van der Waals surface area contributed by atoms with Gasteiger partial charge in [-0.15, -0.1) is 0 Å². The van der Waals surface area contributed by atoms with Crippen LogP contribution >= 0.6 is 0 Å². The maximum Gasteiger partial charge on any atom is 0.251 e. The lowest BCUT2D eigenvalue weighted by Crippen LogP contribution is -2.36. The van der Waals surface area contributed by atoms with Gasteiger partial charge < -0.3 is 20.1 Å². The minimum Gasteiger partial charge on any atom is -0.382 e. The van der Waals surface area contributed by atoms with Crippen LogP contribution < -0.4 is 10.6 Å². The molecule has 2 N–H and O–H groups in total. The van der Waals surface area contributed by atoms with Crippen LogP contribution in [-0.2, 0) is 14.3 Å². The summed E-state index contributed by atoms with van der Waals surface area (Å²) in [6, 6.07) is 17.4. The van der Waals surface area contributed by atoms with Gasteiger partial charge in [-0.1, -0.05) is 42.5 Å². The second-order valence-electron chi connectivity index (χ2n) is 5.59. The smallest absolute Gasteiger partial charge is 0.251 e. The first-order chi connectivity index (χ1) is 12.7. The zero-order valence-corrected chi connectivity index (χ0v) is 14.9. The van der Waals surface area contributed by atoms with E-state index in [4.69, 9.17) is 9.47 Å². The molecule has 138 valence electrons. The molecule has 0 aromatic heterocycles. The molecule has 0 unspecified atom stereocenters. The Morgan fingerprint density at radius 2 is 1.50 bits per heavy atom. The molecule has 0 bridgehead atoms. The number of carbonyl (C=O) groups is 2. The van der Waals surface area contributed by atoms with Gasteiger partial charge in [0.1, 0.15) is 6.61 Å². The van der Waals surface area contributed by atoms with Gasteiger partial charge in [-0.3, -0.25) is 9.59 Å². The monoisotopic (exact) mass is 356 g/mol. The van der Waals surface area contributed by atoms with Crippen LogP contribution in [0.3, 0.4) is 0 Å². The minimum absolute atomic E-state index is 0.0156. The standard InChI is InChI=1S/C20H24N2O4/c1-25-13-14-26-15-19(23)21-11-12-22-20(24)18-9-7-17(8-10-18)16-5-3-2-4-6-16/h2-10H,11-15H2,1H3,(H,21,23)(H,22,24). The molecule has 0 saturated carbocycles.